The van der Waals surface area contributed by atoms with Gasteiger partial charge in [0.1, 0.15) is 0 Å². The normalized spacial score (nSPS) is 37.4. The number of hydrogen-bond donors (Lipinski definition) is 3. The minimum Gasteiger partial charge on any atom is -0.478 e. The number of aliphatic hydroxyl groups excluding tert-OH is 2. The number of carboxylic acids is 1. The van der Waals surface area contributed by atoms with Crippen LogP contribution < -0.4 is 0 Å². The highest BCUT2D eigenvalue weighted by molar-refractivity contribution is 5.87. The zero-order valence-corrected chi connectivity index (χ0v) is 11.5. The average molecular weight is 266 g/mol. The van der Waals surface area contributed by atoms with Crippen molar-refractivity contribution < 1.29 is 20.1 Å². The molecule has 3 atom stereocenters. The van der Waals surface area contributed by atoms with Gasteiger partial charge in [0.05, 0.1) is 12.7 Å². The Balaban J connectivity index is 2.41. The van der Waals surface area contributed by atoms with Crippen LogP contribution in [0.25, 0.3) is 0 Å². The van der Waals surface area contributed by atoms with Gasteiger partial charge in [-0.15, -0.1) is 0 Å². The molecule has 106 valence electrons. The first-order chi connectivity index (χ1) is 8.90. The van der Waals surface area contributed by atoms with Crippen LogP contribution in [0.3, 0.4) is 0 Å². The summed E-state index contributed by atoms with van der Waals surface area (Å²) in [6, 6.07) is 0. The van der Waals surface area contributed by atoms with Gasteiger partial charge >= 0.3 is 5.97 Å². The first-order valence-electron chi connectivity index (χ1n) is 6.80. The molecule has 0 unspecified atom stereocenters. The molecule has 0 saturated heterocycles. The summed E-state index contributed by atoms with van der Waals surface area (Å²) in [6.07, 6.45) is 4.22. The fraction of sp³-hybridized carbons (Fsp3) is 0.667. The van der Waals surface area contributed by atoms with Crippen molar-refractivity contribution in [1.82, 2.24) is 0 Å². The maximum absolute atomic E-state index is 11.2. The van der Waals surface area contributed by atoms with E-state index < -0.39 is 12.1 Å². The van der Waals surface area contributed by atoms with Crippen LogP contribution in [0.2, 0.25) is 0 Å². The molecule has 3 N–H and O–H groups in total. The molecular weight excluding hydrogens is 244 g/mol. The number of hydrogen-bond acceptors (Lipinski definition) is 3. The Hall–Kier alpha value is -1.13. The maximum Gasteiger partial charge on any atom is 0.331 e. The second-order valence-corrected chi connectivity index (χ2v) is 5.99. The number of aliphatic carboxylic acids is 1. The highest BCUT2D eigenvalue weighted by Crippen LogP contribution is 2.53. The van der Waals surface area contributed by atoms with Gasteiger partial charge in [-0.3, -0.25) is 0 Å². The van der Waals surface area contributed by atoms with E-state index in [0.29, 0.717) is 18.4 Å². The van der Waals surface area contributed by atoms with Crippen LogP contribution in [0.4, 0.5) is 0 Å². The Morgan fingerprint density at radius 3 is 2.79 bits per heavy atom. The largest absolute Gasteiger partial charge is 0.478 e. The topological polar surface area (TPSA) is 77.8 Å². The SMILES string of the molecule is C/C(C(=O)O)=C1/CC[C@]2(C)[C@@H]1CC=C(CO)C[C@@H]2O. The van der Waals surface area contributed by atoms with Gasteiger partial charge < -0.3 is 15.3 Å². The number of carboxylic acid groups (broad SMARTS) is 1. The van der Waals surface area contributed by atoms with Gasteiger partial charge in [-0.2, -0.15) is 0 Å². The van der Waals surface area contributed by atoms with Crippen molar-refractivity contribution in [3.63, 3.8) is 0 Å². The van der Waals surface area contributed by atoms with E-state index in [1.807, 2.05) is 13.0 Å². The predicted octanol–water partition coefficient (Wildman–Crippen LogP) is 1.88. The zero-order chi connectivity index (χ0) is 14.2. The maximum atomic E-state index is 11.2. The molecule has 19 heavy (non-hydrogen) atoms. The lowest BCUT2D eigenvalue weighted by atomic mass is 9.72. The molecule has 1 saturated carbocycles. The van der Waals surface area contributed by atoms with Crippen molar-refractivity contribution in [3.8, 4) is 0 Å². The molecule has 0 aromatic carbocycles. The predicted molar refractivity (Wildman–Crippen MR) is 71.6 cm³/mol. The lowest BCUT2D eigenvalue weighted by Crippen LogP contribution is -2.35. The Morgan fingerprint density at radius 2 is 2.21 bits per heavy atom. The third-order valence-electron chi connectivity index (χ3n) is 5.01. The Bertz CT molecular complexity index is 449. The van der Waals surface area contributed by atoms with E-state index in [4.69, 9.17) is 0 Å². The van der Waals surface area contributed by atoms with Crippen molar-refractivity contribution in [2.75, 3.05) is 6.61 Å². The molecule has 2 aliphatic carbocycles. The first kappa shape index (κ1) is 14.3. The standard InChI is InChI=1S/C15H22O4/c1-9(14(18)19)11-5-6-15(2)12(11)4-3-10(8-16)7-13(15)17/h3,12-13,16-17H,4-8H2,1-2H3,(H,18,19)/b11-9+/t12-,13+,15-/m1/s1. The molecule has 0 radical (unpaired) electrons. The summed E-state index contributed by atoms with van der Waals surface area (Å²) in [7, 11) is 0. The summed E-state index contributed by atoms with van der Waals surface area (Å²) >= 11 is 0. The van der Waals surface area contributed by atoms with E-state index in [0.717, 1.165) is 24.0 Å². The van der Waals surface area contributed by atoms with Crippen LogP contribution in [0.1, 0.15) is 39.5 Å². The van der Waals surface area contributed by atoms with Gasteiger partial charge in [0, 0.05) is 11.0 Å². The molecular formula is C15H22O4. The number of carbonyl (C=O) groups is 1. The fourth-order valence-corrected chi connectivity index (χ4v) is 3.53. The summed E-state index contributed by atoms with van der Waals surface area (Å²) in [5.74, 6) is -0.799. The summed E-state index contributed by atoms with van der Waals surface area (Å²) < 4.78 is 0. The van der Waals surface area contributed by atoms with E-state index >= 15 is 0 Å². The molecule has 4 nitrogen and oxygen atoms in total. The van der Waals surface area contributed by atoms with E-state index in [2.05, 4.69) is 0 Å². The molecule has 0 heterocycles. The third kappa shape index (κ3) is 2.35. The Morgan fingerprint density at radius 1 is 1.53 bits per heavy atom. The minimum atomic E-state index is -0.871. The Kier molecular flexibility index (Phi) is 3.83. The molecule has 0 amide bonds. The van der Waals surface area contributed by atoms with Crippen LogP contribution in [-0.2, 0) is 4.79 Å². The molecule has 0 bridgehead atoms. The van der Waals surface area contributed by atoms with E-state index in [9.17, 15) is 20.1 Å². The van der Waals surface area contributed by atoms with Crippen LogP contribution in [-0.4, -0.2) is 34.0 Å². The molecule has 1 fully saturated rings. The fourth-order valence-electron chi connectivity index (χ4n) is 3.53. The van der Waals surface area contributed by atoms with Crippen molar-refractivity contribution in [3.05, 3.63) is 22.8 Å². The summed E-state index contributed by atoms with van der Waals surface area (Å²) in [6.45, 7) is 3.66. The molecule has 2 rings (SSSR count). The van der Waals surface area contributed by atoms with Gasteiger partial charge in [-0.05, 0) is 44.1 Å². The van der Waals surface area contributed by atoms with E-state index in [1.165, 1.54) is 0 Å². The highest BCUT2D eigenvalue weighted by Gasteiger charge is 2.48. The minimum absolute atomic E-state index is 0.0309. The van der Waals surface area contributed by atoms with Crippen molar-refractivity contribution >= 4 is 5.97 Å². The number of fused-ring (bicyclic) bond motifs is 1. The van der Waals surface area contributed by atoms with Crippen molar-refractivity contribution in [1.29, 1.82) is 0 Å². The number of allylic oxidation sites excluding steroid dienone is 2. The lowest BCUT2D eigenvalue weighted by Gasteiger charge is -2.35. The molecule has 0 aliphatic heterocycles. The van der Waals surface area contributed by atoms with Crippen LogP contribution >= 0.6 is 0 Å². The van der Waals surface area contributed by atoms with Gasteiger partial charge in [0.25, 0.3) is 0 Å². The Labute approximate surface area is 113 Å². The summed E-state index contributed by atoms with van der Waals surface area (Å²) in [5, 5.41) is 28.9. The second-order valence-electron chi connectivity index (χ2n) is 5.99. The highest BCUT2D eigenvalue weighted by atomic mass is 16.4. The molecule has 2 aliphatic rings. The van der Waals surface area contributed by atoms with Gasteiger partial charge in [-0.1, -0.05) is 18.6 Å². The van der Waals surface area contributed by atoms with E-state index in [1.54, 1.807) is 6.92 Å². The van der Waals surface area contributed by atoms with Gasteiger partial charge in [-0.25, -0.2) is 4.79 Å². The van der Waals surface area contributed by atoms with Crippen molar-refractivity contribution in [2.45, 2.75) is 45.6 Å². The zero-order valence-electron chi connectivity index (χ0n) is 11.5. The summed E-state index contributed by atoms with van der Waals surface area (Å²) in [5.41, 5.74) is 1.96. The monoisotopic (exact) mass is 266 g/mol. The van der Waals surface area contributed by atoms with Crippen LogP contribution in [0, 0.1) is 11.3 Å². The number of rotatable bonds is 2. The van der Waals surface area contributed by atoms with E-state index in [-0.39, 0.29) is 17.9 Å². The van der Waals surface area contributed by atoms with Crippen molar-refractivity contribution in [2.24, 2.45) is 11.3 Å². The van der Waals surface area contributed by atoms with Gasteiger partial charge in [0.2, 0.25) is 0 Å². The molecule has 0 aromatic rings. The number of aliphatic hydroxyl groups is 2. The molecule has 0 aromatic heterocycles. The molecule has 0 spiro atoms. The third-order valence-corrected chi connectivity index (χ3v) is 5.01. The van der Waals surface area contributed by atoms with Gasteiger partial charge in [0.15, 0.2) is 0 Å². The van der Waals surface area contributed by atoms with Crippen LogP contribution in [0.5, 0.6) is 0 Å². The average Bonchev–Trinajstić information content (AvgIpc) is 2.65. The second kappa shape index (κ2) is 5.10. The quantitative estimate of drug-likeness (QED) is 0.527. The lowest BCUT2D eigenvalue weighted by molar-refractivity contribution is -0.132. The molecule has 4 heteroatoms. The van der Waals surface area contributed by atoms with Crippen LogP contribution in [0.15, 0.2) is 22.8 Å². The summed E-state index contributed by atoms with van der Waals surface area (Å²) in [4.78, 5) is 11.2. The smallest absolute Gasteiger partial charge is 0.331 e. The first-order valence-corrected chi connectivity index (χ1v) is 6.80.